The standard InChI is InChI=1S/C11H14O/c1-3-5-9(6-4-2)11-7-10(11)8-12/h3-6,8,10-11H,1,7H2,2H3/b6-4-,9-5+. The third-order valence-corrected chi connectivity index (χ3v) is 2.11. The average molecular weight is 162 g/mol. The van der Waals surface area contributed by atoms with Gasteiger partial charge in [0.1, 0.15) is 6.29 Å². The largest absolute Gasteiger partial charge is 0.303 e. The fourth-order valence-electron chi connectivity index (χ4n) is 1.38. The molecule has 0 aromatic carbocycles. The summed E-state index contributed by atoms with van der Waals surface area (Å²) in [5, 5.41) is 0. The zero-order chi connectivity index (χ0) is 8.97. The molecule has 0 radical (unpaired) electrons. The number of hydrogen-bond acceptors (Lipinski definition) is 1. The van der Waals surface area contributed by atoms with Crippen LogP contribution in [0.3, 0.4) is 0 Å². The number of carbonyl (C=O) groups is 1. The topological polar surface area (TPSA) is 17.1 Å². The quantitative estimate of drug-likeness (QED) is 0.458. The van der Waals surface area contributed by atoms with E-state index in [2.05, 4.69) is 12.7 Å². The molecule has 1 saturated carbocycles. The van der Waals surface area contributed by atoms with Gasteiger partial charge in [-0.25, -0.2) is 0 Å². The molecule has 1 rings (SSSR count). The van der Waals surface area contributed by atoms with Gasteiger partial charge in [0, 0.05) is 5.92 Å². The highest BCUT2D eigenvalue weighted by Gasteiger charge is 2.38. The third-order valence-electron chi connectivity index (χ3n) is 2.11. The Morgan fingerprint density at radius 3 is 2.75 bits per heavy atom. The molecule has 0 saturated heterocycles. The van der Waals surface area contributed by atoms with E-state index in [9.17, 15) is 4.79 Å². The molecular formula is C11H14O. The van der Waals surface area contributed by atoms with E-state index >= 15 is 0 Å². The number of rotatable bonds is 4. The van der Waals surface area contributed by atoms with E-state index in [4.69, 9.17) is 0 Å². The molecule has 1 nitrogen and oxygen atoms in total. The Morgan fingerprint density at radius 1 is 1.58 bits per heavy atom. The van der Waals surface area contributed by atoms with Crippen LogP contribution in [0.4, 0.5) is 0 Å². The SMILES string of the molecule is C=C/C=C(\C=C/C)C1CC1C=O. The second-order valence-electron chi connectivity index (χ2n) is 3.04. The van der Waals surface area contributed by atoms with Crippen molar-refractivity contribution in [1.29, 1.82) is 0 Å². The molecule has 12 heavy (non-hydrogen) atoms. The van der Waals surface area contributed by atoms with Crippen molar-refractivity contribution in [2.45, 2.75) is 13.3 Å². The van der Waals surface area contributed by atoms with Gasteiger partial charge in [0.15, 0.2) is 0 Å². The smallest absolute Gasteiger partial charge is 0.123 e. The summed E-state index contributed by atoms with van der Waals surface area (Å²) in [6.07, 6.45) is 9.85. The van der Waals surface area contributed by atoms with Crippen LogP contribution in [0.2, 0.25) is 0 Å². The Labute approximate surface area is 73.5 Å². The molecule has 0 aliphatic heterocycles. The highest BCUT2D eigenvalue weighted by atomic mass is 16.1. The van der Waals surface area contributed by atoms with Crippen LogP contribution in [0.15, 0.2) is 36.5 Å². The molecule has 0 aromatic heterocycles. The molecular weight excluding hydrogens is 148 g/mol. The van der Waals surface area contributed by atoms with Crippen LogP contribution in [-0.2, 0) is 4.79 Å². The highest BCUT2D eigenvalue weighted by Crippen LogP contribution is 2.43. The summed E-state index contributed by atoms with van der Waals surface area (Å²) in [7, 11) is 0. The van der Waals surface area contributed by atoms with Gasteiger partial charge < -0.3 is 4.79 Å². The molecule has 0 spiro atoms. The Hall–Kier alpha value is -1.11. The Morgan fingerprint density at radius 2 is 2.33 bits per heavy atom. The number of allylic oxidation sites excluding steroid dienone is 5. The predicted molar refractivity (Wildman–Crippen MR) is 50.8 cm³/mol. The minimum absolute atomic E-state index is 0.257. The number of hydrogen-bond donors (Lipinski definition) is 0. The van der Waals surface area contributed by atoms with Crippen LogP contribution in [0.25, 0.3) is 0 Å². The third kappa shape index (κ3) is 1.94. The van der Waals surface area contributed by atoms with Crippen molar-refractivity contribution in [2.24, 2.45) is 11.8 Å². The van der Waals surface area contributed by atoms with Gasteiger partial charge >= 0.3 is 0 Å². The van der Waals surface area contributed by atoms with Gasteiger partial charge in [0.05, 0.1) is 0 Å². The van der Waals surface area contributed by atoms with Crippen molar-refractivity contribution in [2.75, 3.05) is 0 Å². The summed E-state index contributed by atoms with van der Waals surface area (Å²) < 4.78 is 0. The molecule has 1 fully saturated rings. The molecule has 1 aliphatic carbocycles. The zero-order valence-corrected chi connectivity index (χ0v) is 7.36. The van der Waals surface area contributed by atoms with Crippen molar-refractivity contribution < 1.29 is 4.79 Å². The first kappa shape index (κ1) is 8.98. The van der Waals surface area contributed by atoms with Gasteiger partial charge in [-0.3, -0.25) is 0 Å². The molecule has 1 aliphatic rings. The lowest BCUT2D eigenvalue weighted by atomic mass is 10.1. The van der Waals surface area contributed by atoms with Crippen LogP contribution < -0.4 is 0 Å². The fourth-order valence-corrected chi connectivity index (χ4v) is 1.38. The maximum Gasteiger partial charge on any atom is 0.123 e. The van der Waals surface area contributed by atoms with E-state index in [0.29, 0.717) is 5.92 Å². The Bertz CT molecular complexity index is 235. The maximum absolute atomic E-state index is 10.4. The van der Waals surface area contributed by atoms with E-state index in [1.54, 1.807) is 6.08 Å². The first-order chi connectivity index (χ1) is 5.83. The first-order valence-corrected chi connectivity index (χ1v) is 4.24. The van der Waals surface area contributed by atoms with E-state index < -0.39 is 0 Å². The van der Waals surface area contributed by atoms with E-state index in [-0.39, 0.29) is 5.92 Å². The van der Waals surface area contributed by atoms with Gasteiger partial charge in [0.2, 0.25) is 0 Å². The summed E-state index contributed by atoms with van der Waals surface area (Å²) in [6, 6.07) is 0. The van der Waals surface area contributed by atoms with Gasteiger partial charge in [-0.1, -0.05) is 30.9 Å². The van der Waals surface area contributed by atoms with Crippen LogP contribution >= 0.6 is 0 Å². The first-order valence-electron chi connectivity index (χ1n) is 4.24. The van der Waals surface area contributed by atoms with Gasteiger partial charge in [-0.15, -0.1) is 0 Å². The zero-order valence-electron chi connectivity index (χ0n) is 7.36. The second-order valence-corrected chi connectivity index (χ2v) is 3.04. The van der Waals surface area contributed by atoms with Gasteiger partial charge in [-0.05, 0) is 24.8 Å². The summed E-state index contributed by atoms with van der Waals surface area (Å²) in [6.45, 7) is 5.63. The monoisotopic (exact) mass is 162 g/mol. The van der Waals surface area contributed by atoms with Crippen molar-refractivity contribution in [3.8, 4) is 0 Å². The van der Waals surface area contributed by atoms with Gasteiger partial charge in [0.25, 0.3) is 0 Å². The van der Waals surface area contributed by atoms with Crippen LogP contribution in [0.1, 0.15) is 13.3 Å². The van der Waals surface area contributed by atoms with E-state index in [1.165, 1.54) is 5.57 Å². The van der Waals surface area contributed by atoms with E-state index in [1.807, 2.05) is 19.1 Å². The Kier molecular flexibility index (Phi) is 3.03. The predicted octanol–water partition coefficient (Wildman–Crippen LogP) is 2.51. The number of aldehydes is 1. The summed E-state index contributed by atoms with van der Waals surface area (Å²) in [5.41, 5.74) is 1.23. The van der Waals surface area contributed by atoms with Crippen molar-refractivity contribution >= 4 is 6.29 Å². The summed E-state index contributed by atoms with van der Waals surface area (Å²) in [5.74, 6) is 0.712. The summed E-state index contributed by atoms with van der Waals surface area (Å²) >= 11 is 0. The molecule has 0 heterocycles. The fraction of sp³-hybridized carbons (Fsp3) is 0.364. The summed E-state index contributed by atoms with van der Waals surface area (Å²) in [4.78, 5) is 10.4. The lowest BCUT2D eigenvalue weighted by Gasteiger charge is -1.95. The normalized spacial score (nSPS) is 28.9. The van der Waals surface area contributed by atoms with Crippen LogP contribution in [0, 0.1) is 11.8 Å². The molecule has 64 valence electrons. The minimum atomic E-state index is 0.257. The Balaban J connectivity index is 2.62. The lowest BCUT2D eigenvalue weighted by molar-refractivity contribution is -0.109. The van der Waals surface area contributed by atoms with Crippen molar-refractivity contribution in [3.05, 3.63) is 36.5 Å². The molecule has 0 bridgehead atoms. The highest BCUT2D eigenvalue weighted by molar-refractivity contribution is 5.60. The maximum atomic E-state index is 10.4. The average Bonchev–Trinajstić information content (AvgIpc) is 2.83. The van der Waals surface area contributed by atoms with Crippen molar-refractivity contribution in [3.63, 3.8) is 0 Å². The van der Waals surface area contributed by atoms with Crippen molar-refractivity contribution in [1.82, 2.24) is 0 Å². The number of carbonyl (C=O) groups excluding carboxylic acids is 1. The lowest BCUT2D eigenvalue weighted by Crippen LogP contribution is -1.86. The van der Waals surface area contributed by atoms with E-state index in [0.717, 1.165) is 12.7 Å². The molecule has 2 atom stereocenters. The van der Waals surface area contributed by atoms with Gasteiger partial charge in [-0.2, -0.15) is 0 Å². The molecule has 0 aromatic rings. The molecule has 2 unspecified atom stereocenters. The molecule has 0 amide bonds. The minimum Gasteiger partial charge on any atom is -0.303 e. The van der Waals surface area contributed by atoms with Crippen LogP contribution in [0.5, 0.6) is 0 Å². The van der Waals surface area contributed by atoms with Crippen LogP contribution in [-0.4, -0.2) is 6.29 Å². The second kappa shape index (κ2) is 4.05. The molecule has 0 N–H and O–H groups in total. The molecule has 1 heteroatoms.